The van der Waals surface area contributed by atoms with Crippen molar-refractivity contribution in [3.63, 3.8) is 0 Å². The Morgan fingerprint density at radius 2 is 2.42 bits per heavy atom. The third-order valence-corrected chi connectivity index (χ3v) is 3.18. The quantitative estimate of drug-likeness (QED) is 0.844. The molecule has 0 saturated carbocycles. The molecule has 0 spiro atoms. The average molecular weight is 258 g/mol. The summed E-state index contributed by atoms with van der Waals surface area (Å²) in [5.41, 5.74) is 7.08. The van der Waals surface area contributed by atoms with Gasteiger partial charge in [0.05, 0.1) is 18.2 Å². The zero-order valence-electron chi connectivity index (χ0n) is 10.8. The van der Waals surface area contributed by atoms with E-state index in [0.717, 1.165) is 25.9 Å². The molecule has 1 saturated heterocycles. The largest absolute Gasteiger partial charge is 0.327 e. The van der Waals surface area contributed by atoms with Crippen molar-refractivity contribution in [1.82, 2.24) is 4.90 Å². The monoisotopic (exact) mass is 258 g/mol. The number of rotatable bonds is 3. The van der Waals surface area contributed by atoms with Crippen LogP contribution in [0.1, 0.15) is 18.4 Å². The standard InChI is InChI=1S/C14H18N4O/c15-8-11-3-1-5-13(7-11)17-14(19)10-18-6-2-4-12(16)9-18/h1,3,5,7,12H,2,4,6,9-10,16H2,(H,17,19)/t12-/m1/s1. The average Bonchev–Trinajstić information content (AvgIpc) is 2.38. The number of nitrogens with one attached hydrogen (secondary N) is 1. The summed E-state index contributed by atoms with van der Waals surface area (Å²) < 4.78 is 0. The number of piperidine rings is 1. The number of benzene rings is 1. The summed E-state index contributed by atoms with van der Waals surface area (Å²) in [6.45, 7) is 2.04. The van der Waals surface area contributed by atoms with Gasteiger partial charge in [0.1, 0.15) is 0 Å². The minimum Gasteiger partial charge on any atom is -0.327 e. The van der Waals surface area contributed by atoms with Crippen molar-refractivity contribution in [1.29, 1.82) is 5.26 Å². The molecule has 1 aromatic carbocycles. The molecule has 2 rings (SSSR count). The lowest BCUT2D eigenvalue weighted by molar-refractivity contribution is -0.117. The number of amides is 1. The van der Waals surface area contributed by atoms with Crippen LogP contribution >= 0.6 is 0 Å². The summed E-state index contributed by atoms with van der Waals surface area (Å²) in [4.78, 5) is 14.0. The van der Waals surface area contributed by atoms with Gasteiger partial charge in [-0.25, -0.2) is 0 Å². The zero-order valence-corrected chi connectivity index (χ0v) is 10.8. The van der Waals surface area contributed by atoms with Gasteiger partial charge in [0, 0.05) is 18.3 Å². The molecular weight excluding hydrogens is 240 g/mol. The van der Waals surface area contributed by atoms with E-state index in [1.54, 1.807) is 24.3 Å². The molecule has 100 valence electrons. The maximum absolute atomic E-state index is 11.9. The van der Waals surface area contributed by atoms with Crippen molar-refractivity contribution in [3.05, 3.63) is 29.8 Å². The first-order chi connectivity index (χ1) is 9.17. The second-order valence-corrected chi connectivity index (χ2v) is 4.88. The van der Waals surface area contributed by atoms with Crippen LogP contribution in [0.4, 0.5) is 5.69 Å². The van der Waals surface area contributed by atoms with Crippen LogP contribution in [0.2, 0.25) is 0 Å². The van der Waals surface area contributed by atoms with Crippen LogP contribution in [0, 0.1) is 11.3 Å². The van der Waals surface area contributed by atoms with E-state index in [1.807, 2.05) is 6.07 Å². The molecule has 0 bridgehead atoms. The summed E-state index contributed by atoms with van der Waals surface area (Å²) in [7, 11) is 0. The fourth-order valence-corrected chi connectivity index (χ4v) is 2.31. The molecule has 1 heterocycles. The number of anilines is 1. The van der Waals surface area contributed by atoms with E-state index in [4.69, 9.17) is 11.0 Å². The minimum absolute atomic E-state index is 0.0656. The van der Waals surface area contributed by atoms with Gasteiger partial charge in [-0.1, -0.05) is 6.07 Å². The van der Waals surface area contributed by atoms with Gasteiger partial charge >= 0.3 is 0 Å². The van der Waals surface area contributed by atoms with Gasteiger partial charge in [0.2, 0.25) is 5.91 Å². The molecule has 1 aliphatic rings. The van der Waals surface area contributed by atoms with E-state index in [-0.39, 0.29) is 11.9 Å². The first kappa shape index (κ1) is 13.5. The second kappa shape index (κ2) is 6.32. The van der Waals surface area contributed by atoms with Crippen LogP contribution in [-0.2, 0) is 4.79 Å². The van der Waals surface area contributed by atoms with Crippen molar-refractivity contribution < 1.29 is 4.79 Å². The maximum Gasteiger partial charge on any atom is 0.238 e. The first-order valence-electron chi connectivity index (χ1n) is 6.45. The molecule has 1 fully saturated rings. The number of nitrogens with zero attached hydrogens (tertiary/aromatic N) is 2. The minimum atomic E-state index is -0.0656. The predicted molar refractivity (Wildman–Crippen MR) is 73.4 cm³/mol. The highest BCUT2D eigenvalue weighted by molar-refractivity contribution is 5.92. The van der Waals surface area contributed by atoms with Crippen molar-refractivity contribution in [2.45, 2.75) is 18.9 Å². The molecule has 1 aliphatic heterocycles. The molecule has 0 unspecified atom stereocenters. The summed E-state index contributed by atoms with van der Waals surface area (Å²) in [6, 6.07) is 9.13. The molecular formula is C14H18N4O. The molecule has 0 aliphatic carbocycles. The number of carbonyl (C=O) groups is 1. The highest BCUT2D eigenvalue weighted by Crippen LogP contribution is 2.11. The van der Waals surface area contributed by atoms with Gasteiger partial charge in [0.15, 0.2) is 0 Å². The molecule has 3 N–H and O–H groups in total. The number of hydrogen-bond donors (Lipinski definition) is 2. The van der Waals surface area contributed by atoms with E-state index in [9.17, 15) is 4.79 Å². The normalized spacial score (nSPS) is 19.7. The van der Waals surface area contributed by atoms with Crippen molar-refractivity contribution in [2.24, 2.45) is 5.73 Å². The van der Waals surface area contributed by atoms with Gasteiger partial charge < -0.3 is 11.1 Å². The number of carbonyl (C=O) groups excluding carboxylic acids is 1. The molecule has 1 amide bonds. The predicted octanol–water partition coefficient (Wildman–Crippen LogP) is 0.920. The molecule has 5 nitrogen and oxygen atoms in total. The highest BCUT2D eigenvalue weighted by atomic mass is 16.2. The van der Waals surface area contributed by atoms with Crippen LogP contribution in [0.15, 0.2) is 24.3 Å². The Morgan fingerprint density at radius 1 is 1.58 bits per heavy atom. The van der Waals surface area contributed by atoms with Crippen LogP contribution in [0.5, 0.6) is 0 Å². The highest BCUT2D eigenvalue weighted by Gasteiger charge is 2.18. The number of likely N-dealkylation sites (tertiary alicyclic amines) is 1. The number of hydrogen-bond acceptors (Lipinski definition) is 4. The Hall–Kier alpha value is -1.90. The Balaban J connectivity index is 1.88. The van der Waals surface area contributed by atoms with Crippen molar-refractivity contribution >= 4 is 11.6 Å². The molecule has 1 atom stereocenters. The fourth-order valence-electron chi connectivity index (χ4n) is 2.31. The lowest BCUT2D eigenvalue weighted by Gasteiger charge is -2.29. The van der Waals surface area contributed by atoms with Crippen molar-refractivity contribution in [2.75, 3.05) is 25.0 Å². The zero-order chi connectivity index (χ0) is 13.7. The Labute approximate surface area is 113 Å². The summed E-state index contributed by atoms with van der Waals surface area (Å²) >= 11 is 0. The van der Waals surface area contributed by atoms with Gasteiger partial charge in [-0.05, 0) is 37.6 Å². The van der Waals surface area contributed by atoms with E-state index >= 15 is 0 Å². The van der Waals surface area contributed by atoms with E-state index in [2.05, 4.69) is 10.2 Å². The van der Waals surface area contributed by atoms with E-state index in [1.165, 1.54) is 0 Å². The Morgan fingerprint density at radius 3 is 3.16 bits per heavy atom. The molecule has 0 radical (unpaired) electrons. The van der Waals surface area contributed by atoms with Crippen molar-refractivity contribution in [3.8, 4) is 6.07 Å². The number of nitriles is 1. The smallest absolute Gasteiger partial charge is 0.238 e. The van der Waals surface area contributed by atoms with Crippen LogP contribution in [0.25, 0.3) is 0 Å². The molecule has 0 aromatic heterocycles. The topological polar surface area (TPSA) is 82.2 Å². The van der Waals surface area contributed by atoms with E-state index < -0.39 is 0 Å². The third-order valence-electron chi connectivity index (χ3n) is 3.18. The second-order valence-electron chi connectivity index (χ2n) is 4.88. The lowest BCUT2D eigenvalue weighted by Crippen LogP contribution is -2.45. The summed E-state index contributed by atoms with van der Waals surface area (Å²) in [5.74, 6) is -0.0656. The van der Waals surface area contributed by atoms with Gasteiger partial charge in [-0.2, -0.15) is 5.26 Å². The van der Waals surface area contributed by atoms with Gasteiger partial charge in [-0.3, -0.25) is 9.69 Å². The van der Waals surface area contributed by atoms with Crippen LogP contribution in [-0.4, -0.2) is 36.5 Å². The Bertz CT molecular complexity index is 494. The SMILES string of the molecule is N#Cc1cccc(NC(=O)CN2CCC[C@@H](N)C2)c1. The van der Waals surface area contributed by atoms with Gasteiger partial charge in [-0.15, -0.1) is 0 Å². The molecule has 19 heavy (non-hydrogen) atoms. The fraction of sp³-hybridized carbons (Fsp3) is 0.429. The van der Waals surface area contributed by atoms with Gasteiger partial charge in [0.25, 0.3) is 0 Å². The summed E-state index contributed by atoms with van der Waals surface area (Å²) in [5, 5.41) is 11.6. The molecule has 1 aromatic rings. The maximum atomic E-state index is 11.9. The van der Waals surface area contributed by atoms with Crippen LogP contribution in [0.3, 0.4) is 0 Å². The number of nitrogens with two attached hydrogens (primary N) is 1. The Kier molecular flexibility index (Phi) is 4.50. The third kappa shape index (κ3) is 4.05. The summed E-state index contributed by atoms with van der Waals surface area (Å²) in [6.07, 6.45) is 2.07. The lowest BCUT2D eigenvalue weighted by atomic mass is 10.1. The van der Waals surface area contributed by atoms with Crippen LogP contribution < -0.4 is 11.1 Å². The van der Waals surface area contributed by atoms with E-state index in [0.29, 0.717) is 17.8 Å². The molecule has 5 heteroatoms. The first-order valence-corrected chi connectivity index (χ1v) is 6.45.